The monoisotopic (exact) mass is 306 g/mol. The summed E-state index contributed by atoms with van der Waals surface area (Å²) < 4.78 is 14.0. The molecule has 2 fully saturated rings. The van der Waals surface area contributed by atoms with Gasteiger partial charge in [-0.15, -0.1) is 10.2 Å². The molecule has 0 spiro atoms. The number of aryl methyl sites for hydroxylation is 1. The number of hydrogen-bond acceptors (Lipinski definition) is 5. The molecule has 2 saturated heterocycles. The van der Waals surface area contributed by atoms with Gasteiger partial charge in [0.05, 0.1) is 12.7 Å². The molecule has 4 rings (SSSR count). The Labute approximate surface area is 131 Å². The minimum absolute atomic E-state index is 0.192. The molecular weight excluding hydrogens is 280 g/mol. The lowest BCUT2D eigenvalue weighted by Gasteiger charge is -2.33. The maximum absolute atomic E-state index is 5.95. The molecule has 0 unspecified atom stereocenters. The van der Waals surface area contributed by atoms with Crippen LogP contribution in [0, 0.1) is 0 Å². The fourth-order valence-electron chi connectivity index (χ4n) is 4.05. The van der Waals surface area contributed by atoms with Crippen molar-refractivity contribution >= 4 is 0 Å². The molecule has 0 bridgehead atoms. The van der Waals surface area contributed by atoms with Crippen LogP contribution in [0.25, 0.3) is 0 Å². The zero-order valence-electron chi connectivity index (χ0n) is 13.6. The van der Waals surface area contributed by atoms with Gasteiger partial charge in [0.25, 0.3) is 0 Å². The molecule has 4 heterocycles. The van der Waals surface area contributed by atoms with E-state index < -0.39 is 5.79 Å². The number of hydrogen-bond donors (Lipinski definition) is 0. The van der Waals surface area contributed by atoms with Crippen molar-refractivity contribution in [3.8, 4) is 0 Å². The van der Waals surface area contributed by atoms with Crippen LogP contribution < -0.4 is 0 Å². The van der Waals surface area contributed by atoms with Crippen LogP contribution in [-0.2, 0) is 22.4 Å². The van der Waals surface area contributed by atoms with Gasteiger partial charge in [0.2, 0.25) is 0 Å². The van der Waals surface area contributed by atoms with Crippen LogP contribution in [0.15, 0.2) is 0 Å². The minimum Gasteiger partial charge on any atom is -0.348 e. The Morgan fingerprint density at radius 3 is 2.95 bits per heavy atom. The molecule has 0 radical (unpaired) electrons. The third kappa shape index (κ3) is 2.79. The van der Waals surface area contributed by atoms with Gasteiger partial charge in [0.1, 0.15) is 11.6 Å². The summed E-state index contributed by atoms with van der Waals surface area (Å²) in [5.74, 6) is 2.49. The zero-order chi connectivity index (χ0) is 15.2. The third-order valence-electron chi connectivity index (χ3n) is 5.04. The van der Waals surface area contributed by atoms with Crippen LogP contribution in [0.4, 0.5) is 0 Å². The Bertz CT molecular complexity index is 542. The molecule has 1 aromatic heterocycles. The molecule has 3 aliphatic heterocycles. The van der Waals surface area contributed by atoms with E-state index in [-0.39, 0.29) is 6.10 Å². The van der Waals surface area contributed by atoms with E-state index in [4.69, 9.17) is 9.47 Å². The molecule has 0 amide bonds. The first-order chi connectivity index (χ1) is 10.6. The largest absolute Gasteiger partial charge is 0.348 e. The van der Waals surface area contributed by atoms with Gasteiger partial charge in [0.15, 0.2) is 5.79 Å². The van der Waals surface area contributed by atoms with Crippen molar-refractivity contribution < 1.29 is 9.47 Å². The van der Waals surface area contributed by atoms with E-state index in [9.17, 15) is 0 Å². The molecule has 0 saturated carbocycles. The van der Waals surface area contributed by atoms with Crippen LogP contribution in [0.3, 0.4) is 0 Å². The van der Waals surface area contributed by atoms with Gasteiger partial charge in [-0.25, -0.2) is 0 Å². The van der Waals surface area contributed by atoms with E-state index in [1.807, 2.05) is 13.8 Å². The lowest BCUT2D eigenvalue weighted by molar-refractivity contribution is -0.140. The molecule has 1 aromatic rings. The molecule has 3 aliphatic rings. The van der Waals surface area contributed by atoms with Gasteiger partial charge < -0.3 is 14.0 Å². The van der Waals surface area contributed by atoms with Gasteiger partial charge in [-0.3, -0.25) is 4.90 Å². The van der Waals surface area contributed by atoms with E-state index in [0.717, 1.165) is 32.6 Å². The van der Waals surface area contributed by atoms with Crippen molar-refractivity contribution in [3.05, 3.63) is 11.6 Å². The average Bonchev–Trinajstić information content (AvgIpc) is 3.14. The van der Waals surface area contributed by atoms with Crippen LogP contribution >= 0.6 is 0 Å². The fraction of sp³-hybridized carbons (Fsp3) is 0.875. The Hall–Kier alpha value is -0.980. The lowest BCUT2D eigenvalue weighted by atomic mass is 9.97. The summed E-state index contributed by atoms with van der Waals surface area (Å²) in [6, 6.07) is 0. The summed E-state index contributed by atoms with van der Waals surface area (Å²) >= 11 is 0. The summed E-state index contributed by atoms with van der Waals surface area (Å²) in [5.41, 5.74) is 0. The molecule has 0 aromatic carbocycles. The second kappa shape index (κ2) is 5.58. The number of aromatic nitrogens is 3. The number of piperidine rings is 1. The van der Waals surface area contributed by atoms with Crippen molar-refractivity contribution in [2.45, 2.75) is 63.9 Å². The maximum atomic E-state index is 5.95. The number of nitrogens with zero attached hydrogens (tertiary/aromatic N) is 4. The smallest absolute Gasteiger partial charge is 0.163 e. The van der Waals surface area contributed by atoms with Crippen LogP contribution in [0.1, 0.15) is 50.7 Å². The summed E-state index contributed by atoms with van der Waals surface area (Å²) in [4.78, 5) is 2.51. The Kier molecular flexibility index (Phi) is 3.71. The van der Waals surface area contributed by atoms with Gasteiger partial charge in [-0.1, -0.05) is 0 Å². The highest BCUT2D eigenvalue weighted by atomic mass is 16.7. The highest BCUT2D eigenvalue weighted by Crippen LogP contribution is 2.30. The maximum Gasteiger partial charge on any atom is 0.163 e. The number of fused-ring (bicyclic) bond motifs is 1. The molecule has 2 atom stereocenters. The highest BCUT2D eigenvalue weighted by molar-refractivity contribution is 5.07. The fourth-order valence-corrected chi connectivity index (χ4v) is 4.05. The number of ether oxygens (including phenoxy) is 2. The molecule has 22 heavy (non-hydrogen) atoms. The predicted molar refractivity (Wildman–Crippen MR) is 81.7 cm³/mol. The molecule has 0 N–H and O–H groups in total. The lowest BCUT2D eigenvalue weighted by Crippen LogP contribution is -2.41. The Balaban J connectivity index is 1.40. The van der Waals surface area contributed by atoms with Crippen molar-refractivity contribution in [2.24, 2.45) is 0 Å². The first-order valence-corrected chi connectivity index (χ1v) is 8.57. The van der Waals surface area contributed by atoms with Crippen molar-refractivity contribution in [1.29, 1.82) is 0 Å². The van der Waals surface area contributed by atoms with Gasteiger partial charge in [-0.2, -0.15) is 0 Å². The summed E-state index contributed by atoms with van der Waals surface area (Å²) in [6.07, 6.45) is 4.95. The Morgan fingerprint density at radius 1 is 1.23 bits per heavy atom. The molecule has 6 nitrogen and oxygen atoms in total. The molecule has 6 heteroatoms. The van der Waals surface area contributed by atoms with E-state index in [1.54, 1.807) is 0 Å². The summed E-state index contributed by atoms with van der Waals surface area (Å²) in [5, 5.41) is 8.85. The third-order valence-corrected chi connectivity index (χ3v) is 5.04. The van der Waals surface area contributed by atoms with Crippen molar-refractivity contribution in [1.82, 2.24) is 19.7 Å². The molecular formula is C16H26N4O2. The second-order valence-corrected chi connectivity index (χ2v) is 7.28. The minimum atomic E-state index is -0.423. The number of likely N-dealkylation sites (tertiary alicyclic amines) is 1. The van der Waals surface area contributed by atoms with Gasteiger partial charge in [-0.05, 0) is 39.7 Å². The average molecular weight is 306 g/mol. The summed E-state index contributed by atoms with van der Waals surface area (Å²) in [6.45, 7) is 8.96. The highest BCUT2D eigenvalue weighted by Gasteiger charge is 2.35. The van der Waals surface area contributed by atoms with E-state index in [1.165, 1.54) is 30.9 Å². The van der Waals surface area contributed by atoms with Crippen LogP contribution in [0.2, 0.25) is 0 Å². The first kappa shape index (κ1) is 14.6. The number of rotatable bonds is 3. The van der Waals surface area contributed by atoms with E-state index >= 15 is 0 Å². The SMILES string of the molecule is CC1(C)OC[C@@H](CN2CCC[C@@H](c3nnc4n3CCC4)C2)O1. The van der Waals surface area contributed by atoms with Crippen LogP contribution in [-0.4, -0.2) is 57.8 Å². The Morgan fingerprint density at radius 2 is 2.14 bits per heavy atom. The first-order valence-electron chi connectivity index (χ1n) is 8.57. The zero-order valence-corrected chi connectivity index (χ0v) is 13.6. The predicted octanol–water partition coefficient (Wildman–Crippen LogP) is 1.56. The van der Waals surface area contributed by atoms with Crippen LogP contribution in [0.5, 0.6) is 0 Å². The quantitative estimate of drug-likeness (QED) is 0.848. The van der Waals surface area contributed by atoms with Gasteiger partial charge in [0, 0.05) is 32.0 Å². The normalized spacial score (nSPS) is 31.5. The summed E-state index contributed by atoms with van der Waals surface area (Å²) in [7, 11) is 0. The molecule has 122 valence electrons. The van der Waals surface area contributed by atoms with E-state index in [0.29, 0.717) is 12.5 Å². The second-order valence-electron chi connectivity index (χ2n) is 7.28. The van der Waals surface area contributed by atoms with Crippen molar-refractivity contribution in [3.63, 3.8) is 0 Å². The standard InChI is InChI=1S/C16H26N4O2/c1-16(2)21-11-13(22-16)10-19-7-3-5-12(9-19)15-18-17-14-6-4-8-20(14)15/h12-13H,3-11H2,1-2H3/t12-,13-/m1/s1. The molecule has 0 aliphatic carbocycles. The van der Waals surface area contributed by atoms with E-state index in [2.05, 4.69) is 19.7 Å². The topological polar surface area (TPSA) is 52.4 Å². The van der Waals surface area contributed by atoms with Gasteiger partial charge >= 0.3 is 0 Å². The van der Waals surface area contributed by atoms with Crippen molar-refractivity contribution in [2.75, 3.05) is 26.2 Å².